The SMILES string of the molecule is [2H]C(Br)C([2H])n1c[n+]([C@@H]2O[C@H](CO)[C@@H](O)[C@H]2O)c2nc(N)[nH]c(=O)c21. The van der Waals surface area contributed by atoms with Crippen molar-refractivity contribution in [3.63, 3.8) is 0 Å². The van der Waals surface area contributed by atoms with E-state index in [1.807, 2.05) is 0 Å². The molecule has 11 heteroatoms. The van der Waals surface area contributed by atoms with Crippen molar-refractivity contribution in [2.24, 2.45) is 0 Å². The molecule has 0 radical (unpaired) electrons. The lowest BCUT2D eigenvalue weighted by Gasteiger charge is -2.12. The lowest BCUT2D eigenvalue weighted by Crippen LogP contribution is -2.46. The molecule has 1 aliphatic rings. The van der Waals surface area contributed by atoms with E-state index in [1.54, 1.807) is 0 Å². The number of nitrogen functional groups attached to an aromatic ring is 1. The molecule has 0 aromatic carbocycles. The van der Waals surface area contributed by atoms with Gasteiger partial charge in [-0.1, -0.05) is 20.9 Å². The van der Waals surface area contributed by atoms with Gasteiger partial charge < -0.3 is 25.8 Å². The van der Waals surface area contributed by atoms with E-state index in [1.165, 1.54) is 15.5 Å². The van der Waals surface area contributed by atoms with E-state index in [2.05, 4.69) is 25.9 Å². The number of aliphatic hydroxyl groups is 3. The number of aromatic nitrogens is 4. The molecule has 2 aromatic rings. The molecule has 0 saturated carbocycles. The summed E-state index contributed by atoms with van der Waals surface area (Å²) in [7, 11) is 0. The van der Waals surface area contributed by atoms with E-state index >= 15 is 0 Å². The van der Waals surface area contributed by atoms with Gasteiger partial charge in [0.25, 0.3) is 11.5 Å². The highest BCUT2D eigenvalue weighted by molar-refractivity contribution is 9.09. The monoisotopic (exact) mass is 392 g/mol. The summed E-state index contributed by atoms with van der Waals surface area (Å²) in [6.45, 7) is -1.71. The van der Waals surface area contributed by atoms with Crippen molar-refractivity contribution in [3.05, 3.63) is 16.7 Å². The van der Waals surface area contributed by atoms with Crippen molar-refractivity contribution in [3.8, 4) is 0 Å². The molecule has 1 fully saturated rings. The molecule has 6 N–H and O–H groups in total. The number of imidazole rings is 1. The Balaban J connectivity index is 2.21. The van der Waals surface area contributed by atoms with E-state index in [0.29, 0.717) is 0 Å². The summed E-state index contributed by atoms with van der Waals surface area (Å²) in [4.78, 5) is 18.6. The summed E-state index contributed by atoms with van der Waals surface area (Å²) >= 11 is 2.97. The molecule has 0 spiro atoms. The molecular weight excluding hydrogens is 374 g/mol. The molecule has 3 heterocycles. The van der Waals surface area contributed by atoms with Crippen molar-refractivity contribution in [2.75, 3.05) is 17.6 Å². The van der Waals surface area contributed by atoms with Gasteiger partial charge in [0.2, 0.25) is 11.7 Å². The van der Waals surface area contributed by atoms with Crippen molar-refractivity contribution in [1.29, 1.82) is 0 Å². The van der Waals surface area contributed by atoms with Gasteiger partial charge in [-0.25, -0.2) is 4.57 Å². The summed E-state index contributed by atoms with van der Waals surface area (Å²) in [5.41, 5.74) is 4.93. The van der Waals surface area contributed by atoms with Crippen LogP contribution in [0.5, 0.6) is 0 Å². The predicted octanol–water partition coefficient (Wildman–Crippen LogP) is -2.40. The number of fused-ring (bicyclic) bond motifs is 1. The lowest BCUT2D eigenvalue weighted by atomic mass is 10.1. The van der Waals surface area contributed by atoms with Crippen LogP contribution in [0.1, 0.15) is 8.97 Å². The maximum atomic E-state index is 12.3. The van der Waals surface area contributed by atoms with Crippen molar-refractivity contribution in [2.45, 2.75) is 31.1 Å². The van der Waals surface area contributed by atoms with Gasteiger partial charge >= 0.3 is 5.65 Å². The van der Waals surface area contributed by atoms with E-state index in [4.69, 9.17) is 13.2 Å². The average molecular weight is 393 g/mol. The molecule has 23 heavy (non-hydrogen) atoms. The number of rotatable bonds is 4. The van der Waals surface area contributed by atoms with E-state index in [0.717, 1.165) is 0 Å². The number of aryl methyl sites for hydroxylation is 1. The lowest BCUT2D eigenvalue weighted by molar-refractivity contribution is -0.746. The van der Waals surface area contributed by atoms with E-state index in [9.17, 15) is 20.1 Å². The third-order valence-electron chi connectivity index (χ3n) is 3.65. The first-order valence-electron chi connectivity index (χ1n) is 7.84. The smallest absolute Gasteiger partial charge is 0.313 e. The molecular formula is C12H17BrN5O5+. The van der Waals surface area contributed by atoms with Crippen LogP contribution in [0.15, 0.2) is 11.1 Å². The first kappa shape index (κ1) is 13.9. The number of anilines is 1. The number of ether oxygens (including phenoxy) is 1. The fourth-order valence-corrected chi connectivity index (χ4v) is 2.86. The number of aromatic amines is 1. The molecule has 0 bridgehead atoms. The summed E-state index contributed by atoms with van der Waals surface area (Å²) in [6, 6.07) is 0. The topological polar surface area (TPSA) is 150 Å². The first-order valence-corrected chi connectivity index (χ1v) is 7.60. The Bertz CT molecular complexity index is 845. The second kappa shape index (κ2) is 6.17. The predicted molar refractivity (Wildman–Crippen MR) is 81.8 cm³/mol. The van der Waals surface area contributed by atoms with Crippen LogP contribution < -0.4 is 15.9 Å². The zero-order valence-corrected chi connectivity index (χ0v) is 13.3. The number of halogens is 1. The van der Waals surface area contributed by atoms with Crippen LogP contribution >= 0.6 is 15.9 Å². The fraction of sp³-hybridized carbons (Fsp3) is 0.583. The van der Waals surface area contributed by atoms with Gasteiger partial charge in [-0.2, -0.15) is 0 Å². The number of nitrogens with one attached hydrogen (secondary N) is 1. The Morgan fingerprint density at radius 2 is 2.30 bits per heavy atom. The Hall–Kier alpha value is -1.53. The molecule has 1 aliphatic heterocycles. The van der Waals surface area contributed by atoms with E-state index < -0.39 is 48.5 Å². The third kappa shape index (κ3) is 2.64. The number of nitrogens with two attached hydrogens (primary N) is 1. The zero-order valence-electron chi connectivity index (χ0n) is 13.7. The molecule has 0 amide bonds. The fourth-order valence-electron chi connectivity index (χ4n) is 2.60. The second-order valence-corrected chi connectivity index (χ2v) is 5.59. The minimum atomic E-state index is -1.40. The maximum absolute atomic E-state index is 12.3. The van der Waals surface area contributed by atoms with Crippen LogP contribution in [-0.4, -0.2) is 60.1 Å². The van der Waals surface area contributed by atoms with Crippen molar-refractivity contribution in [1.82, 2.24) is 14.5 Å². The molecule has 10 nitrogen and oxygen atoms in total. The van der Waals surface area contributed by atoms with Gasteiger partial charge in [0.15, 0.2) is 6.33 Å². The highest BCUT2D eigenvalue weighted by atomic mass is 79.9. The Morgan fingerprint density at radius 3 is 2.91 bits per heavy atom. The van der Waals surface area contributed by atoms with Gasteiger partial charge in [0.1, 0.15) is 18.3 Å². The largest absolute Gasteiger partial charge is 0.394 e. The molecule has 2 aromatic heterocycles. The van der Waals surface area contributed by atoms with Crippen LogP contribution in [0.25, 0.3) is 11.2 Å². The van der Waals surface area contributed by atoms with E-state index in [-0.39, 0.29) is 17.1 Å². The number of aliphatic hydroxyl groups excluding tert-OH is 3. The summed E-state index contributed by atoms with van der Waals surface area (Å²) in [5, 5.41) is 28.3. The number of H-pyrrole nitrogens is 1. The van der Waals surface area contributed by atoms with Gasteiger partial charge in [0, 0.05) is 6.68 Å². The van der Waals surface area contributed by atoms with Crippen LogP contribution in [-0.2, 0) is 11.3 Å². The minimum Gasteiger partial charge on any atom is -0.394 e. The minimum absolute atomic E-state index is 0.0153. The summed E-state index contributed by atoms with van der Waals surface area (Å²) in [6.07, 6.45) is -3.63. The van der Waals surface area contributed by atoms with Crippen LogP contribution in [0.3, 0.4) is 0 Å². The molecule has 126 valence electrons. The maximum Gasteiger partial charge on any atom is 0.313 e. The Kier molecular flexibility index (Phi) is 3.72. The molecule has 2 unspecified atom stereocenters. The van der Waals surface area contributed by atoms with Crippen molar-refractivity contribution < 1.29 is 27.4 Å². The van der Waals surface area contributed by atoms with Crippen LogP contribution in [0, 0.1) is 0 Å². The number of hydrogen-bond donors (Lipinski definition) is 5. The standard InChI is InChI=1S/C12H16BrN5O5/c13-1-2-17-4-18(9-6(17)10(22)16-12(14)15-9)11-8(21)7(20)5(3-19)23-11/h4-5,7-8,11,19-21H,1-3H2,(H2-,14,15,16,22)/p+1/t5-,7-,8-,11-/m1/s1/i1D,2D/t1?,2?,5-,7-,8-,11-. The zero-order chi connectivity index (χ0) is 18.5. The second-order valence-electron chi connectivity index (χ2n) is 5.06. The van der Waals surface area contributed by atoms with Gasteiger partial charge in [-0.3, -0.25) is 14.3 Å². The third-order valence-corrected chi connectivity index (χ3v) is 3.89. The molecule has 0 aliphatic carbocycles. The highest BCUT2D eigenvalue weighted by Gasteiger charge is 2.46. The summed E-state index contributed by atoms with van der Waals surface area (Å²) in [5.74, 6) is -0.182. The normalized spacial score (nSPS) is 31.8. The molecule has 6 atom stereocenters. The van der Waals surface area contributed by atoms with Crippen LogP contribution in [0.2, 0.25) is 0 Å². The Labute approximate surface area is 141 Å². The van der Waals surface area contributed by atoms with Gasteiger partial charge in [-0.15, -0.1) is 0 Å². The van der Waals surface area contributed by atoms with Crippen molar-refractivity contribution >= 4 is 33.0 Å². The molecule has 3 rings (SSSR count). The van der Waals surface area contributed by atoms with Crippen LogP contribution in [0.4, 0.5) is 5.95 Å². The number of nitrogens with zero attached hydrogens (tertiary/aromatic N) is 3. The summed E-state index contributed by atoms with van der Waals surface area (Å²) < 4.78 is 23.6. The quantitative estimate of drug-likeness (QED) is 0.287. The average Bonchev–Trinajstić information content (AvgIpc) is 3.05. The van der Waals surface area contributed by atoms with Gasteiger partial charge in [-0.05, 0) is 0 Å². The highest BCUT2D eigenvalue weighted by Crippen LogP contribution is 2.26. The van der Waals surface area contributed by atoms with Gasteiger partial charge in [0.05, 0.1) is 14.5 Å². The number of hydrogen-bond acceptors (Lipinski definition) is 7. The molecule has 1 saturated heterocycles. The Morgan fingerprint density at radius 1 is 1.57 bits per heavy atom. The first-order chi connectivity index (χ1) is 11.8. The number of alkyl halides is 1.